The number of carboxylic acids is 3. The van der Waals surface area contributed by atoms with Gasteiger partial charge in [-0.05, 0) is 58.5 Å². The minimum absolute atomic E-state index is 0. The molecule has 3 unspecified atom stereocenters. The summed E-state index contributed by atoms with van der Waals surface area (Å²) in [4.78, 5) is 57.8. The molecule has 8 aromatic rings. The van der Waals surface area contributed by atoms with Crippen molar-refractivity contribution >= 4 is 29.6 Å². The van der Waals surface area contributed by atoms with E-state index in [1.54, 1.807) is 14.0 Å². The zero-order valence-corrected chi connectivity index (χ0v) is 57.4. The number of hydrogen-bond donors (Lipinski definition) is 6. The molecule has 490 valence electrons. The summed E-state index contributed by atoms with van der Waals surface area (Å²) in [6.07, 6.45) is 0.696. The number of likely N-dealkylation sites (N-methyl/N-ethyl adjacent to an activating group) is 1. The Kier molecular flexibility index (Phi) is 57.7. The van der Waals surface area contributed by atoms with Crippen LogP contribution in [0.4, 0.5) is 0 Å². The third-order valence-corrected chi connectivity index (χ3v) is 11.9. The van der Waals surface area contributed by atoms with Crippen LogP contribution >= 0.6 is 0 Å². The van der Waals surface area contributed by atoms with E-state index in [2.05, 4.69) is 10.6 Å². The molecule has 8 aromatic carbocycles. The summed E-state index contributed by atoms with van der Waals surface area (Å²) in [6, 6.07) is 73.6. The van der Waals surface area contributed by atoms with Crippen LogP contribution in [0.15, 0.2) is 243 Å². The van der Waals surface area contributed by atoms with Crippen LogP contribution in [0.3, 0.4) is 0 Å². The quantitative estimate of drug-likeness (QED) is 0.0481. The monoisotopic (exact) mass is 1230 g/mol. The summed E-state index contributed by atoms with van der Waals surface area (Å²) in [7, 11) is 1.68. The molecule has 0 aromatic heterocycles. The fourth-order valence-electron chi connectivity index (χ4n) is 8.48. The Labute approximate surface area is 544 Å². The highest BCUT2D eigenvalue weighted by Gasteiger charge is 2.33. The van der Waals surface area contributed by atoms with E-state index in [9.17, 15) is 34.2 Å². The first-order chi connectivity index (χ1) is 43.9. The number of Topliss-reactive ketones (excluding diaryl/α,β-unsaturated/α-hetero) is 1. The van der Waals surface area contributed by atoms with Gasteiger partial charge in [0.05, 0.1) is 6.42 Å². The van der Waals surface area contributed by atoms with Gasteiger partial charge in [-0.2, -0.15) is 0 Å². The predicted molar refractivity (Wildman–Crippen MR) is 383 cm³/mol. The second-order valence-corrected chi connectivity index (χ2v) is 17.3. The Morgan fingerprint density at radius 3 is 0.756 bits per heavy atom. The Balaban J connectivity index is -0.000000345. The van der Waals surface area contributed by atoms with E-state index in [1.165, 1.54) is 0 Å². The molecule has 0 saturated carbocycles. The number of carbonyl (C=O) groups is 5. The lowest BCUT2D eigenvalue weighted by Gasteiger charge is -2.26. The zero-order valence-electron chi connectivity index (χ0n) is 58.4. The maximum absolute atomic E-state index is 12.5. The zero-order chi connectivity index (χ0) is 69.1. The van der Waals surface area contributed by atoms with Gasteiger partial charge in [0, 0.05) is 24.2 Å². The second kappa shape index (κ2) is 59.2. The summed E-state index contributed by atoms with van der Waals surface area (Å²) >= 11 is 0. The molecule has 0 saturated heterocycles. The van der Waals surface area contributed by atoms with E-state index in [4.69, 9.17) is 10.8 Å². The summed E-state index contributed by atoms with van der Waals surface area (Å²) < 4.78 is 0. The molecule has 90 heavy (non-hydrogen) atoms. The van der Waals surface area contributed by atoms with Crippen LogP contribution in [0.1, 0.15) is 181 Å². The average molecular weight is 1230 g/mol. The molecule has 3 atom stereocenters. The number of carbonyl (C=O) groups excluding carboxylic acids is 2. The average Bonchev–Trinajstić information content (AvgIpc) is 3.53. The number of carboxylic acid groups (broad SMARTS) is 3. The second-order valence-electron chi connectivity index (χ2n) is 17.3. The van der Waals surface area contributed by atoms with Gasteiger partial charge >= 0.3 is 19.3 Å². The maximum Gasteiger partial charge on any atom is 1.00 e. The number of nitrogens with two attached hydrogens (primary N) is 1. The summed E-state index contributed by atoms with van der Waals surface area (Å²) in [5.41, 5.74) is 13.3. The largest absolute Gasteiger partial charge is 1.00 e. The van der Waals surface area contributed by atoms with Crippen molar-refractivity contribution < 1.29 is 40.7 Å². The topological polar surface area (TPSA) is 196 Å². The van der Waals surface area contributed by atoms with Crippen LogP contribution in [0, 0.1) is 0 Å². The maximum atomic E-state index is 12.5. The molecule has 11 heteroatoms. The van der Waals surface area contributed by atoms with Crippen molar-refractivity contribution in [2.24, 2.45) is 5.73 Å². The molecule has 0 radical (unpaired) electrons. The Bertz CT molecular complexity index is 2790. The lowest BCUT2D eigenvalue weighted by atomic mass is 9.85. The molecule has 1 amide bonds. The third kappa shape index (κ3) is 35.3. The number of rotatable bonds is 18. The molecule has 8 rings (SSSR count). The van der Waals surface area contributed by atoms with Gasteiger partial charge < -0.3 is 31.7 Å². The number of aliphatic carboxylic acids is 3. The lowest BCUT2D eigenvalue weighted by molar-refractivity contribution is -0.142. The first-order valence-corrected chi connectivity index (χ1v) is 32.1. The Morgan fingerprint density at radius 2 is 0.544 bits per heavy atom. The summed E-state index contributed by atoms with van der Waals surface area (Å²) in [5, 5.41) is 34.0. The van der Waals surface area contributed by atoms with E-state index >= 15 is 0 Å². The van der Waals surface area contributed by atoms with Gasteiger partial charge in [-0.25, -0.2) is 4.79 Å². The molecule has 0 heterocycles. The van der Waals surface area contributed by atoms with Crippen LogP contribution in [0.5, 0.6) is 0 Å². The van der Waals surface area contributed by atoms with Gasteiger partial charge in [-0.1, -0.05) is 353 Å². The predicted octanol–water partition coefficient (Wildman–Crippen LogP) is 18.5. The molecule has 7 N–H and O–H groups in total. The van der Waals surface area contributed by atoms with Crippen molar-refractivity contribution in [2.45, 2.75) is 166 Å². The molecule has 11 nitrogen and oxygen atoms in total. The Morgan fingerprint density at radius 1 is 0.333 bits per heavy atom. The van der Waals surface area contributed by atoms with E-state index in [-0.39, 0.29) is 31.4 Å². The standard InChI is InChI=1S/C23H21NO3.C16H17NO2.C15H15NO2.C9H10O.8C2H6/c25-20(16-17-10-4-1-5-11-17)24-22(23(26)27)21(18-12-6-2-7-13-18)19-14-8-3-9-15-19;1-17-15(16(18)19)14(12-8-4-2-5-9-12)13-10-6-3-7-11-13;16-14(15(17)18)13(11-7-3-1-4-8-11)12-9-5-2-6-10-12;1-8(10)7-9-5-3-2-4-6-9;8*1-2/h1-15,21-22H,16H2,(H,24,25)(H,26,27);2-11,14-15,17H,1H3,(H,18,19);1-10,13-14H,16H2,(H,17,18);2-6H,7H2,1H3;8*1-2H3/p+1. The molecular weight excluding hydrogens is 1120 g/mol. The number of amides is 1. The van der Waals surface area contributed by atoms with Gasteiger partial charge in [0.1, 0.15) is 23.9 Å². The molecule has 0 spiro atoms. The Hall–Kier alpha value is -8.77. The molecule has 0 bridgehead atoms. The number of hydrogen-bond acceptors (Lipinski definition) is 7. The van der Waals surface area contributed by atoms with Gasteiger partial charge in [0.2, 0.25) is 5.91 Å². The van der Waals surface area contributed by atoms with Crippen LogP contribution < -0.4 is 16.4 Å². The summed E-state index contributed by atoms with van der Waals surface area (Å²) in [6.45, 7) is 33.6. The van der Waals surface area contributed by atoms with Gasteiger partial charge in [-0.3, -0.25) is 19.2 Å². The lowest BCUT2D eigenvalue weighted by Crippen LogP contribution is -2.45. The van der Waals surface area contributed by atoms with E-state index in [1.807, 2.05) is 353 Å². The van der Waals surface area contributed by atoms with Crippen molar-refractivity contribution in [3.8, 4) is 0 Å². The number of ketones is 1. The summed E-state index contributed by atoms with van der Waals surface area (Å²) in [5.74, 6) is -4.02. The SMILES string of the molecule is CC.CC.CC.CC.CC.CC.CC.CC.CC(=O)Cc1ccccc1.CNC(C(=O)O)C(c1ccccc1)c1ccccc1.NC(C(=O)O)C(c1ccccc1)c1ccccc1.O=C(Cc1ccccc1)NC(C(=O)O)C(c1ccccc1)c1ccccc1.[H+]. The molecule has 0 aliphatic carbocycles. The minimum Gasteiger partial charge on any atom is -0.480 e. The molecule has 0 aliphatic heterocycles. The first-order valence-electron chi connectivity index (χ1n) is 32.1. The highest BCUT2D eigenvalue weighted by atomic mass is 16.4. The fraction of sp³-hybridized carbons (Fsp3) is 0.329. The number of nitrogens with one attached hydrogen (secondary N) is 2. The van der Waals surface area contributed by atoms with Crippen molar-refractivity contribution in [1.29, 1.82) is 0 Å². The fourth-order valence-corrected chi connectivity index (χ4v) is 8.48. The van der Waals surface area contributed by atoms with Crippen LogP contribution in [0.2, 0.25) is 0 Å². The highest BCUT2D eigenvalue weighted by molar-refractivity contribution is 5.86. The molecule has 0 fully saturated rings. The van der Waals surface area contributed by atoms with Gasteiger partial charge in [-0.15, -0.1) is 0 Å². The van der Waals surface area contributed by atoms with Crippen LogP contribution in [-0.4, -0.2) is 70.1 Å². The highest BCUT2D eigenvalue weighted by Crippen LogP contribution is 2.30. The van der Waals surface area contributed by atoms with Crippen molar-refractivity contribution in [3.63, 3.8) is 0 Å². The number of benzene rings is 8. The van der Waals surface area contributed by atoms with Gasteiger partial charge in [0.25, 0.3) is 0 Å². The third-order valence-electron chi connectivity index (χ3n) is 11.9. The van der Waals surface area contributed by atoms with Gasteiger partial charge in [0.15, 0.2) is 0 Å². The van der Waals surface area contributed by atoms with Crippen LogP contribution in [-0.2, 0) is 36.8 Å². The molecule has 0 aliphatic rings. The van der Waals surface area contributed by atoms with E-state index < -0.39 is 42.0 Å². The van der Waals surface area contributed by atoms with E-state index in [0.29, 0.717) is 6.42 Å². The van der Waals surface area contributed by atoms with Crippen molar-refractivity contribution in [2.75, 3.05) is 7.05 Å². The van der Waals surface area contributed by atoms with Crippen LogP contribution in [0.25, 0.3) is 0 Å². The smallest absolute Gasteiger partial charge is 0.480 e. The first kappa shape index (κ1) is 87.7. The normalized spacial score (nSPS) is 10.2. The van der Waals surface area contributed by atoms with E-state index in [0.717, 1.165) is 44.5 Å². The minimum atomic E-state index is -1.06. The molecular formula is C79H112N3O8+. The van der Waals surface area contributed by atoms with Crippen molar-refractivity contribution in [3.05, 3.63) is 287 Å². The van der Waals surface area contributed by atoms with Crippen molar-refractivity contribution in [1.82, 2.24) is 10.6 Å².